The molecule has 13 nitrogen and oxygen atoms in total. The number of amides is 4. The van der Waals surface area contributed by atoms with Gasteiger partial charge in [-0.15, -0.1) is 0 Å². The Hall–Kier alpha value is -3.07. The summed E-state index contributed by atoms with van der Waals surface area (Å²) in [6.07, 6.45) is 4.72. The first-order valence-corrected chi connectivity index (χ1v) is 19.8. The van der Waals surface area contributed by atoms with Crippen LogP contribution < -0.4 is 10.6 Å². The quantitative estimate of drug-likeness (QED) is 0.464. The van der Waals surface area contributed by atoms with E-state index in [1.807, 2.05) is 37.8 Å². The standard InChI is InChI=1S/C36H57N5O8S/c1-36(2,3)22-34(44)40-16-11-30(12-17-40)41-25-33(43)37-13-9-29-24-39(23-27-5-7-31(8-6-27)50(4,46)47)15-10-28(29)21-32(42)38-14-18-48-19-20-49-26-35(41)45/h5-8,28-30H,9-26H2,1-4H3,(H,37,43)(H,38,42)/t28-,29-/m0/s1. The van der Waals surface area contributed by atoms with Crippen molar-refractivity contribution in [2.75, 3.05) is 78.5 Å². The number of benzene rings is 1. The summed E-state index contributed by atoms with van der Waals surface area (Å²) in [4.78, 5) is 58.5. The van der Waals surface area contributed by atoms with E-state index in [9.17, 15) is 27.6 Å². The molecule has 4 amide bonds. The first-order chi connectivity index (χ1) is 23.7. The molecule has 50 heavy (non-hydrogen) atoms. The Morgan fingerprint density at radius 1 is 0.860 bits per heavy atom. The second-order valence-electron chi connectivity index (χ2n) is 15.2. The molecule has 3 heterocycles. The molecule has 1 aromatic rings. The van der Waals surface area contributed by atoms with E-state index < -0.39 is 9.84 Å². The largest absolute Gasteiger partial charge is 0.377 e. The lowest BCUT2D eigenvalue weighted by Gasteiger charge is -2.39. The Balaban J connectivity index is 1.39. The van der Waals surface area contributed by atoms with E-state index in [2.05, 4.69) is 15.5 Å². The van der Waals surface area contributed by atoms with Gasteiger partial charge in [-0.25, -0.2) is 8.42 Å². The summed E-state index contributed by atoms with van der Waals surface area (Å²) in [6, 6.07) is 6.78. The van der Waals surface area contributed by atoms with Gasteiger partial charge in [-0.2, -0.15) is 0 Å². The van der Waals surface area contributed by atoms with Crippen molar-refractivity contribution < 1.29 is 37.1 Å². The molecule has 0 aliphatic carbocycles. The minimum absolute atomic E-state index is 0.0287. The fourth-order valence-electron chi connectivity index (χ4n) is 7.05. The monoisotopic (exact) mass is 719 g/mol. The molecule has 14 heteroatoms. The number of hydrogen-bond donors (Lipinski definition) is 2. The number of carbonyl (C=O) groups is 4. The van der Waals surface area contributed by atoms with Gasteiger partial charge in [0.25, 0.3) is 0 Å². The van der Waals surface area contributed by atoms with Gasteiger partial charge in [0.2, 0.25) is 23.6 Å². The normalized spacial score (nSPS) is 24.0. The van der Waals surface area contributed by atoms with Gasteiger partial charge in [0.15, 0.2) is 9.84 Å². The van der Waals surface area contributed by atoms with Gasteiger partial charge >= 0.3 is 0 Å². The SMILES string of the molecule is CC(C)(C)CC(=O)N1CCC(N2CC(=O)NCC[C@H]3CN(Cc4ccc(S(C)(=O)=O)cc4)CC[C@H]3CC(=O)NCCOCCOCC2=O)CC1. The molecule has 0 aromatic heterocycles. The third-order valence-electron chi connectivity index (χ3n) is 9.76. The van der Waals surface area contributed by atoms with E-state index in [0.717, 1.165) is 25.1 Å². The van der Waals surface area contributed by atoms with Crippen LogP contribution in [-0.4, -0.2) is 131 Å². The summed E-state index contributed by atoms with van der Waals surface area (Å²) >= 11 is 0. The second kappa shape index (κ2) is 18.4. The van der Waals surface area contributed by atoms with Crippen LogP contribution >= 0.6 is 0 Å². The summed E-state index contributed by atoms with van der Waals surface area (Å²) < 4.78 is 35.0. The molecule has 280 valence electrons. The molecular formula is C36H57N5O8S. The number of nitrogens with zero attached hydrogens (tertiary/aromatic N) is 3. The topological polar surface area (TPSA) is 155 Å². The smallest absolute Gasteiger partial charge is 0.249 e. The minimum atomic E-state index is -3.27. The van der Waals surface area contributed by atoms with Gasteiger partial charge in [-0.05, 0) is 67.2 Å². The van der Waals surface area contributed by atoms with Crippen molar-refractivity contribution in [3.8, 4) is 0 Å². The first-order valence-electron chi connectivity index (χ1n) is 18.0. The molecule has 4 rings (SSSR count). The Bertz CT molecular complexity index is 1410. The van der Waals surface area contributed by atoms with Crippen LogP contribution in [0.25, 0.3) is 0 Å². The predicted molar refractivity (Wildman–Crippen MR) is 189 cm³/mol. The lowest BCUT2D eigenvalue weighted by atomic mass is 9.80. The van der Waals surface area contributed by atoms with Gasteiger partial charge in [-0.3, -0.25) is 24.1 Å². The van der Waals surface area contributed by atoms with Crippen LogP contribution in [0, 0.1) is 17.3 Å². The molecule has 3 saturated heterocycles. The maximum absolute atomic E-state index is 13.4. The van der Waals surface area contributed by atoms with Crippen LogP contribution in [0.5, 0.6) is 0 Å². The van der Waals surface area contributed by atoms with Crippen molar-refractivity contribution in [1.82, 2.24) is 25.3 Å². The summed E-state index contributed by atoms with van der Waals surface area (Å²) in [5.41, 5.74) is 0.902. The Morgan fingerprint density at radius 3 is 2.22 bits per heavy atom. The van der Waals surface area contributed by atoms with E-state index in [4.69, 9.17) is 9.47 Å². The third-order valence-corrected chi connectivity index (χ3v) is 10.9. The lowest BCUT2D eigenvalue weighted by molar-refractivity contribution is -0.145. The summed E-state index contributed by atoms with van der Waals surface area (Å²) in [6.45, 7) is 10.7. The second-order valence-corrected chi connectivity index (χ2v) is 17.2. The van der Waals surface area contributed by atoms with Gasteiger partial charge < -0.3 is 29.9 Å². The van der Waals surface area contributed by atoms with Gasteiger partial charge in [0.05, 0.1) is 31.3 Å². The van der Waals surface area contributed by atoms with Gasteiger partial charge in [0, 0.05) is 64.4 Å². The number of nitrogens with one attached hydrogen (secondary N) is 2. The number of piperidine rings is 2. The number of sulfone groups is 1. The molecule has 0 spiro atoms. The van der Waals surface area contributed by atoms with Crippen LogP contribution in [0.2, 0.25) is 0 Å². The Morgan fingerprint density at radius 2 is 1.54 bits per heavy atom. The highest BCUT2D eigenvalue weighted by molar-refractivity contribution is 7.90. The molecule has 0 bridgehead atoms. The third kappa shape index (κ3) is 12.9. The van der Waals surface area contributed by atoms with Crippen LogP contribution in [-0.2, 0) is 45.0 Å². The molecule has 1 aromatic carbocycles. The van der Waals surface area contributed by atoms with Crippen molar-refractivity contribution in [3.05, 3.63) is 29.8 Å². The average molecular weight is 720 g/mol. The number of hydrogen-bond acceptors (Lipinski definition) is 9. The van der Waals surface area contributed by atoms with Gasteiger partial charge in [0.1, 0.15) is 6.61 Å². The average Bonchev–Trinajstić information content (AvgIpc) is 3.04. The molecule has 2 atom stereocenters. The number of ether oxygens (including phenoxy) is 2. The highest BCUT2D eigenvalue weighted by Crippen LogP contribution is 2.30. The molecule has 0 unspecified atom stereocenters. The Kier molecular flexibility index (Phi) is 14.6. The van der Waals surface area contributed by atoms with E-state index >= 15 is 0 Å². The highest BCUT2D eigenvalue weighted by Gasteiger charge is 2.33. The maximum Gasteiger partial charge on any atom is 0.249 e. The van der Waals surface area contributed by atoms with E-state index in [-0.39, 0.29) is 78.2 Å². The van der Waals surface area contributed by atoms with Crippen LogP contribution in [0.1, 0.15) is 64.9 Å². The number of carbonyl (C=O) groups excluding carboxylic acids is 4. The Labute approximate surface area is 297 Å². The van der Waals surface area contributed by atoms with E-state index in [1.54, 1.807) is 17.0 Å². The fraction of sp³-hybridized carbons (Fsp3) is 0.722. The minimum Gasteiger partial charge on any atom is -0.377 e. The summed E-state index contributed by atoms with van der Waals surface area (Å²) in [5.74, 6) is -0.156. The number of fused-ring (bicyclic) bond motifs is 1. The molecular weight excluding hydrogens is 662 g/mol. The van der Waals surface area contributed by atoms with Crippen LogP contribution in [0.4, 0.5) is 0 Å². The van der Waals surface area contributed by atoms with E-state index in [1.165, 1.54) is 6.26 Å². The molecule has 2 N–H and O–H groups in total. The zero-order chi connectivity index (χ0) is 36.3. The fourth-order valence-corrected chi connectivity index (χ4v) is 7.68. The highest BCUT2D eigenvalue weighted by atomic mass is 32.2. The first kappa shape index (κ1) is 39.7. The zero-order valence-electron chi connectivity index (χ0n) is 30.3. The number of likely N-dealkylation sites (tertiary alicyclic amines) is 2. The zero-order valence-corrected chi connectivity index (χ0v) is 31.1. The van der Waals surface area contributed by atoms with Crippen LogP contribution in [0.3, 0.4) is 0 Å². The van der Waals surface area contributed by atoms with Crippen molar-refractivity contribution in [1.29, 1.82) is 0 Å². The van der Waals surface area contributed by atoms with Crippen molar-refractivity contribution in [2.45, 2.75) is 76.8 Å². The van der Waals surface area contributed by atoms with Crippen molar-refractivity contribution in [3.63, 3.8) is 0 Å². The molecule has 0 saturated carbocycles. The summed E-state index contributed by atoms with van der Waals surface area (Å²) in [7, 11) is -3.27. The van der Waals surface area contributed by atoms with E-state index in [0.29, 0.717) is 71.4 Å². The number of rotatable bonds is 5. The van der Waals surface area contributed by atoms with Gasteiger partial charge in [-0.1, -0.05) is 32.9 Å². The van der Waals surface area contributed by atoms with Crippen molar-refractivity contribution >= 4 is 33.5 Å². The summed E-state index contributed by atoms with van der Waals surface area (Å²) in [5, 5.41) is 5.99. The van der Waals surface area contributed by atoms with Crippen LogP contribution in [0.15, 0.2) is 29.2 Å². The van der Waals surface area contributed by atoms with Crippen molar-refractivity contribution in [2.24, 2.45) is 17.3 Å². The maximum atomic E-state index is 13.4. The molecule has 0 radical (unpaired) electrons. The molecule has 3 fully saturated rings. The lowest BCUT2D eigenvalue weighted by Crippen LogP contribution is -2.53. The molecule has 3 aliphatic rings. The molecule has 3 aliphatic heterocycles. The predicted octanol–water partition coefficient (Wildman–Crippen LogP) is 1.84.